The molecule has 0 spiro atoms. The second-order valence-corrected chi connectivity index (χ2v) is 4.81. The first-order valence-electron chi connectivity index (χ1n) is 4.82. The number of likely N-dealkylation sites (N-methyl/N-ethyl adjacent to an activating group) is 1. The molecule has 0 bridgehead atoms. The molecule has 17 heavy (non-hydrogen) atoms. The molecular formula is C11H12F3NOS. The van der Waals surface area contributed by atoms with E-state index in [0.717, 1.165) is 0 Å². The van der Waals surface area contributed by atoms with Crippen LogP contribution in [0.4, 0.5) is 13.2 Å². The Morgan fingerprint density at radius 1 is 1.29 bits per heavy atom. The summed E-state index contributed by atoms with van der Waals surface area (Å²) in [6.07, 6.45) is 0. The molecule has 0 atom stereocenters. The number of benzene rings is 1. The molecule has 0 amide bonds. The van der Waals surface area contributed by atoms with Crippen LogP contribution in [0.3, 0.4) is 0 Å². The summed E-state index contributed by atoms with van der Waals surface area (Å²) in [5, 5.41) is 0. The fourth-order valence-corrected chi connectivity index (χ4v) is 1.97. The van der Waals surface area contributed by atoms with Crippen molar-refractivity contribution in [3.8, 4) is 0 Å². The second-order valence-electron chi connectivity index (χ2n) is 3.70. The zero-order valence-electron chi connectivity index (χ0n) is 9.41. The van der Waals surface area contributed by atoms with Gasteiger partial charge in [-0.3, -0.25) is 4.79 Å². The molecule has 0 aliphatic carbocycles. The van der Waals surface area contributed by atoms with E-state index in [0.29, 0.717) is 0 Å². The predicted octanol–water partition coefficient (Wildman–Crippen LogP) is 3.04. The molecule has 0 aliphatic heterocycles. The van der Waals surface area contributed by atoms with Crippen LogP contribution in [0.2, 0.25) is 0 Å². The summed E-state index contributed by atoms with van der Waals surface area (Å²) in [7, 11) is 3.38. The third-order valence-electron chi connectivity index (χ3n) is 1.87. The molecule has 0 unspecified atom stereocenters. The summed E-state index contributed by atoms with van der Waals surface area (Å²) in [5.74, 6) is -0.317. The van der Waals surface area contributed by atoms with E-state index in [2.05, 4.69) is 0 Å². The smallest absolute Gasteiger partial charge is 0.302 e. The van der Waals surface area contributed by atoms with Crippen molar-refractivity contribution in [2.75, 3.05) is 20.6 Å². The number of thioether (sulfide) groups is 1. The number of carbonyl (C=O) groups excluding carboxylic acids is 1. The van der Waals surface area contributed by atoms with Crippen LogP contribution >= 0.6 is 11.8 Å². The van der Waals surface area contributed by atoms with Gasteiger partial charge >= 0.3 is 5.51 Å². The van der Waals surface area contributed by atoms with Gasteiger partial charge in [-0.05, 0) is 31.9 Å². The summed E-state index contributed by atoms with van der Waals surface area (Å²) < 4.78 is 36.9. The van der Waals surface area contributed by atoms with E-state index in [1.807, 2.05) is 0 Å². The SMILES string of the molecule is CN(C)CC(=O)c1ccccc1SC(F)(F)F. The van der Waals surface area contributed by atoms with Gasteiger partial charge in [-0.2, -0.15) is 13.2 Å². The van der Waals surface area contributed by atoms with Crippen molar-refractivity contribution in [1.29, 1.82) is 0 Å². The van der Waals surface area contributed by atoms with Gasteiger partial charge < -0.3 is 4.90 Å². The van der Waals surface area contributed by atoms with Crippen molar-refractivity contribution in [3.63, 3.8) is 0 Å². The maximum absolute atomic E-state index is 12.3. The number of halogens is 3. The second kappa shape index (κ2) is 5.55. The number of rotatable bonds is 4. The Kier molecular flexibility index (Phi) is 4.59. The van der Waals surface area contributed by atoms with Gasteiger partial charge in [-0.25, -0.2) is 0 Å². The Morgan fingerprint density at radius 2 is 1.88 bits per heavy atom. The molecule has 0 saturated heterocycles. The molecule has 6 heteroatoms. The van der Waals surface area contributed by atoms with Gasteiger partial charge in [0.2, 0.25) is 0 Å². The highest BCUT2D eigenvalue weighted by molar-refractivity contribution is 8.00. The molecule has 0 fully saturated rings. The topological polar surface area (TPSA) is 20.3 Å². The van der Waals surface area contributed by atoms with Crippen LogP contribution in [0.25, 0.3) is 0 Å². The van der Waals surface area contributed by atoms with Crippen LogP contribution in [0.15, 0.2) is 29.2 Å². The lowest BCUT2D eigenvalue weighted by atomic mass is 10.1. The van der Waals surface area contributed by atoms with Gasteiger partial charge in [-0.1, -0.05) is 18.2 Å². The first-order valence-corrected chi connectivity index (χ1v) is 5.64. The largest absolute Gasteiger partial charge is 0.446 e. The molecule has 2 nitrogen and oxygen atoms in total. The standard InChI is InChI=1S/C11H12F3NOS/c1-15(2)7-9(16)8-5-3-4-6-10(8)17-11(12,13)14/h3-6H,7H2,1-2H3. The molecule has 1 aromatic rings. The lowest BCUT2D eigenvalue weighted by Gasteiger charge is -2.12. The number of carbonyl (C=O) groups is 1. The highest BCUT2D eigenvalue weighted by atomic mass is 32.2. The van der Waals surface area contributed by atoms with E-state index < -0.39 is 5.51 Å². The van der Waals surface area contributed by atoms with Crippen LogP contribution in [0.1, 0.15) is 10.4 Å². The van der Waals surface area contributed by atoms with Gasteiger partial charge in [0, 0.05) is 10.5 Å². The van der Waals surface area contributed by atoms with Gasteiger partial charge in [0.25, 0.3) is 0 Å². The molecule has 1 rings (SSSR count). The highest BCUT2D eigenvalue weighted by Crippen LogP contribution is 2.38. The Labute approximate surface area is 102 Å². The maximum atomic E-state index is 12.3. The zero-order chi connectivity index (χ0) is 13.1. The van der Waals surface area contributed by atoms with E-state index in [1.165, 1.54) is 18.2 Å². The molecular weight excluding hydrogens is 251 g/mol. The van der Waals surface area contributed by atoms with Crippen LogP contribution in [-0.2, 0) is 0 Å². The van der Waals surface area contributed by atoms with Crippen LogP contribution in [0.5, 0.6) is 0 Å². The molecule has 0 aromatic heterocycles. The predicted molar refractivity (Wildman–Crippen MR) is 61.2 cm³/mol. The molecule has 0 saturated carbocycles. The number of Topliss-reactive ketones (excluding diaryl/α,β-unsaturated/α-hetero) is 1. The highest BCUT2D eigenvalue weighted by Gasteiger charge is 2.31. The van der Waals surface area contributed by atoms with Crippen molar-refractivity contribution in [2.24, 2.45) is 0 Å². The van der Waals surface area contributed by atoms with Crippen LogP contribution in [-0.4, -0.2) is 36.8 Å². The lowest BCUT2D eigenvalue weighted by molar-refractivity contribution is -0.0328. The van der Waals surface area contributed by atoms with Crippen LogP contribution in [0, 0.1) is 0 Å². The molecule has 94 valence electrons. The van der Waals surface area contributed by atoms with Crippen LogP contribution < -0.4 is 0 Å². The fraction of sp³-hybridized carbons (Fsp3) is 0.364. The quantitative estimate of drug-likeness (QED) is 0.615. The first-order chi connectivity index (χ1) is 7.79. The Hall–Kier alpha value is -1.01. The van der Waals surface area contributed by atoms with Gasteiger partial charge in [0.05, 0.1) is 6.54 Å². The minimum atomic E-state index is -4.38. The third-order valence-corrected chi connectivity index (χ3v) is 2.68. The van der Waals surface area contributed by atoms with E-state index in [4.69, 9.17) is 0 Å². The summed E-state index contributed by atoms with van der Waals surface area (Å²) >= 11 is -0.257. The Balaban J connectivity index is 2.95. The number of nitrogens with zero attached hydrogens (tertiary/aromatic N) is 1. The van der Waals surface area contributed by atoms with Gasteiger partial charge in [0.15, 0.2) is 5.78 Å². The summed E-state index contributed by atoms with van der Waals surface area (Å²) in [6.45, 7) is 0.0927. The fourth-order valence-electron chi connectivity index (χ4n) is 1.28. The van der Waals surface area contributed by atoms with Crippen molar-refractivity contribution >= 4 is 17.5 Å². The Morgan fingerprint density at radius 3 is 2.41 bits per heavy atom. The molecule has 0 aliphatic rings. The van der Waals surface area contributed by atoms with E-state index >= 15 is 0 Å². The number of ketones is 1. The summed E-state index contributed by atoms with van der Waals surface area (Å²) in [6, 6.07) is 5.77. The summed E-state index contributed by atoms with van der Waals surface area (Å²) in [5.41, 5.74) is -4.27. The van der Waals surface area contributed by atoms with E-state index in [-0.39, 0.29) is 34.5 Å². The Bertz CT molecular complexity index is 404. The maximum Gasteiger partial charge on any atom is 0.446 e. The van der Waals surface area contributed by atoms with Crippen molar-refractivity contribution in [1.82, 2.24) is 4.90 Å². The minimum absolute atomic E-state index is 0.0492. The average Bonchev–Trinajstić information content (AvgIpc) is 2.14. The van der Waals surface area contributed by atoms with Crippen molar-refractivity contribution < 1.29 is 18.0 Å². The molecule has 1 aromatic carbocycles. The van der Waals surface area contributed by atoms with E-state index in [1.54, 1.807) is 25.1 Å². The van der Waals surface area contributed by atoms with Crippen molar-refractivity contribution in [3.05, 3.63) is 29.8 Å². The first kappa shape index (κ1) is 14.1. The third kappa shape index (κ3) is 4.79. The average molecular weight is 263 g/mol. The van der Waals surface area contributed by atoms with E-state index in [9.17, 15) is 18.0 Å². The monoisotopic (exact) mass is 263 g/mol. The lowest BCUT2D eigenvalue weighted by Crippen LogP contribution is -2.22. The summed E-state index contributed by atoms with van der Waals surface area (Å²) in [4.78, 5) is 13.3. The number of hydrogen-bond donors (Lipinski definition) is 0. The van der Waals surface area contributed by atoms with Gasteiger partial charge in [0.1, 0.15) is 0 Å². The zero-order valence-corrected chi connectivity index (χ0v) is 10.2. The van der Waals surface area contributed by atoms with Crippen molar-refractivity contribution in [2.45, 2.75) is 10.4 Å². The normalized spacial score (nSPS) is 11.9. The number of alkyl halides is 3. The van der Waals surface area contributed by atoms with Gasteiger partial charge in [-0.15, -0.1) is 0 Å². The molecule has 0 heterocycles. The molecule has 0 radical (unpaired) electrons. The minimum Gasteiger partial charge on any atom is -0.302 e. The number of hydrogen-bond acceptors (Lipinski definition) is 3. The molecule has 0 N–H and O–H groups in total.